The lowest BCUT2D eigenvalue weighted by atomic mass is 10.3. The topological polar surface area (TPSA) is 61.7 Å². The summed E-state index contributed by atoms with van der Waals surface area (Å²) in [5.74, 6) is 1.44. The minimum absolute atomic E-state index is 0.206. The largest absolute Gasteiger partial charge is 0.395 e. The zero-order chi connectivity index (χ0) is 13.7. The number of anilines is 1. The quantitative estimate of drug-likeness (QED) is 0.790. The van der Waals surface area contributed by atoms with Crippen LogP contribution in [0.4, 0.5) is 5.82 Å². The van der Waals surface area contributed by atoms with Gasteiger partial charge in [0, 0.05) is 45.9 Å². The van der Waals surface area contributed by atoms with E-state index in [1.807, 2.05) is 0 Å². The standard InChI is InChI=1S/C12H19ClN4O2/c1-19-9-11-14-10(13)8-12(15-11)17-4-2-16(3-5-17)6-7-18/h8,18H,2-7,9H2,1H3. The zero-order valence-corrected chi connectivity index (χ0v) is 11.8. The fourth-order valence-corrected chi connectivity index (χ4v) is 2.34. The van der Waals surface area contributed by atoms with Gasteiger partial charge in [0.2, 0.25) is 0 Å². The van der Waals surface area contributed by atoms with E-state index in [1.54, 1.807) is 13.2 Å². The van der Waals surface area contributed by atoms with Gasteiger partial charge in [-0.25, -0.2) is 9.97 Å². The highest BCUT2D eigenvalue weighted by molar-refractivity contribution is 6.29. The van der Waals surface area contributed by atoms with Crippen LogP contribution in [0.1, 0.15) is 5.82 Å². The number of hydrogen-bond acceptors (Lipinski definition) is 6. The molecule has 2 heterocycles. The number of ether oxygens (including phenoxy) is 1. The molecular weight excluding hydrogens is 268 g/mol. The summed E-state index contributed by atoms with van der Waals surface area (Å²) in [6, 6.07) is 1.78. The maximum absolute atomic E-state index is 8.93. The van der Waals surface area contributed by atoms with E-state index in [4.69, 9.17) is 21.4 Å². The molecule has 1 aliphatic rings. The molecule has 0 radical (unpaired) electrons. The van der Waals surface area contributed by atoms with Gasteiger partial charge in [0.1, 0.15) is 17.6 Å². The molecule has 1 aromatic heterocycles. The number of aromatic nitrogens is 2. The van der Waals surface area contributed by atoms with Gasteiger partial charge >= 0.3 is 0 Å². The number of aliphatic hydroxyl groups excluding tert-OH is 1. The Kier molecular flexibility index (Phi) is 5.33. The van der Waals surface area contributed by atoms with E-state index >= 15 is 0 Å². The Morgan fingerprint density at radius 3 is 2.68 bits per heavy atom. The summed E-state index contributed by atoms with van der Waals surface area (Å²) in [6.07, 6.45) is 0. The Bertz CT molecular complexity index is 411. The number of hydrogen-bond donors (Lipinski definition) is 1. The fourth-order valence-electron chi connectivity index (χ4n) is 2.15. The second kappa shape index (κ2) is 7.00. The van der Waals surface area contributed by atoms with Crippen LogP contribution >= 0.6 is 11.6 Å². The maximum Gasteiger partial charge on any atom is 0.158 e. The Balaban J connectivity index is 2.02. The molecule has 6 nitrogen and oxygen atoms in total. The smallest absolute Gasteiger partial charge is 0.158 e. The van der Waals surface area contributed by atoms with Crippen LogP contribution in [0.5, 0.6) is 0 Å². The number of piperazine rings is 1. The van der Waals surface area contributed by atoms with Crippen LogP contribution < -0.4 is 4.90 Å². The number of methoxy groups -OCH3 is 1. The molecule has 0 amide bonds. The lowest BCUT2D eigenvalue weighted by Gasteiger charge is -2.35. The lowest BCUT2D eigenvalue weighted by Crippen LogP contribution is -2.47. The van der Waals surface area contributed by atoms with E-state index in [2.05, 4.69) is 19.8 Å². The minimum Gasteiger partial charge on any atom is -0.395 e. The van der Waals surface area contributed by atoms with Gasteiger partial charge in [-0.1, -0.05) is 11.6 Å². The van der Waals surface area contributed by atoms with Crippen molar-refractivity contribution in [2.75, 3.05) is 51.3 Å². The van der Waals surface area contributed by atoms with E-state index in [-0.39, 0.29) is 6.61 Å². The summed E-state index contributed by atoms with van der Waals surface area (Å²) in [4.78, 5) is 13.0. The fraction of sp³-hybridized carbons (Fsp3) is 0.667. The third kappa shape index (κ3) is 4.01. The van der Waals surface area contributed by atoms with E-state index in [9.17, 15) is 0 Å². The normalized spacial score (nSPS) is 16.9. The highest BCUT2D eigenvalue weighted by atomic mass is 35.5. The highest BCUT2D eigenvalue weighted by Crippen LogP contribution is 2.18. The summed E-state index contributed by atoms with van der Waals surface area (Å²) >= 11 is 6.01. The van der Waals surface area contributed by atoms with Crippen LogP contribution in [0.15, 0.2) is 6.07 Å². The van der Waals surface area contributed by atoms with Crippen molar-refractivity contribution in [2.45, 2.75) is 6.61 Å². The Hall–Kier alpha value is -0.950. The zero-order valence-electron chi connectivity index (χ0n) is 11.0. The van der Waals surface area contributed by atoms with Gasteiger partial charge in [-0.3, -0.25) is 4.90 Å². The van der Waals surface area contributed by atoms with Gasteiger partial charge < -0.3 is 14.7 Å². The Morgan fingerprint density at radius 1 is 1.32 bits per heavy atom. The summed E-state index contributed by atoms with van der Waals surface area (Å²) in [5.41, 5.74) is 0. The first-order valence-electron chi connectivity index (χ1n) is 6.33. The van der Waals surface area contributed by atoms with Crippen LogP contribution in [0, 0.1) is 0 Å². The molecular formula is C12H19ClN4O2. The molecule has 1 saturated heterocycles. The molecule has 1 N–H and O–H groups in total. The predicted molar refractivity (Wildman–Crippen MR) is 73.5 cm³/mol. The first kappa shape index (κ1) is 14.5. The molecule has 106 valence electrons. The van der Waals surface area contributed by atoms with E-state index in [1.165, 1.54) is 0 Å². The van der Waals surface area contributed by atoms with Crippen molar-refractivity contribution in [3.8, 4) is 0 Å². The lowest BCUT2D eigenvalue weighted by molar-refractivity contribution is 0.177. The van der Waals surface area contributed by atoms with Crippen molar-refractivity contribution >= 4 is 17.4 Å². The number of rotatable bonds is 5. The summed E-state index contributed by atoms with van der Waals surface area (Å²) in [6.45, 7) is 4.88. The number of β-amino-alcohol motifs (C(OH)–C–C–N with tert-alkyl or cyclic N) is 1. The minimum atomic E-state index is 0.206. The molecule has 1 fully saturated rings. The molecule has 0 aliphatic carbocycles. The average Bonchev–Trinajstić information content (AvgIpc) is 2.40. The van der Waals surface area contributed by atoms with Gasteiger partial charge in [0.05, 0.1) is 6.61 Å². The van der Waals surface area contributed by atoms with Crippen molar-refractivity contribution in [1.82, 2.24) is 14.9 Å². The second-order valence-corrected chi connectivity index (χ2v) is 4.84. The van der Waals surface area contributed by atoms with Gasteiger partial charge in [-0.2, -0.15) is 0 Å². The Labute approximate surface area is 118 Å². The molecule has 0 unspecified atom stereocenters. The molecule has 0 saturated carbocycles. The van der Waals surface area contributed by atoms with Crippen molar-refractivity contribution in [2.24, 2.45) is 0 Å². The SMILES string of the molecule is COCc1nc(Cl)cc(N2CCN(CCO)CC2)n1. The first-order chi connectivity index (χ1) is 9.22. The van der Waals surface area contributed by atoms with E-state index < -0.39 is 0 Å². The molecule has 19 heavy (non-hydrogen) atoms. The van der Waals surface area contributed by atoms with Crippen molar-refractivity contribution in [3.63, 3.8) is 0 Å². The molecule has 1 aliphatic heterocycles. The number of nitrogens with zero attached hydrogens (tertiary/aromatic N) is 4. The summed E-state index contributed by atoms with van der Waals surface area (Å²) in [5, 5.41) is 9.37. The number of halogens is 1. The van der Waals surface area contributed by atoms with Crippen LogP contribution in [-0.4, -0.2) is 66.4 Å². The monoisotopic (exact) mass is 286 g/mol. The van der Waals surface area contributed by atoms with Crippen molar-refractivity contribution in [3.05, 3.63) is 17.0 Å². The Morgan fingerprint density at radius 2 is 2.05 bits per heavy atom. The first-order valence-corrected chi connectivity index (χ1v) is 6.71. The van der Waals surface area contributed by atoms with Crippen LogP contribution in [0.2, 0.25) is 5.15 Å². The molecule has 1 aromatic rings. The molecule has 0 spiro atoms. The van der Waals surface area contributed by atoms with Gasteiger partial charge in [0.15, 0.2) is 5.82 Å². The summed E-state index contributed by atoms with van der Waals surface area (Å²) < 4.78 is 5.04. The van der Waals surface area contributed by atoms with Crippen LogP contribution in [0.3, 0.4) is 0 Å². The van der Waals surface area contributed by atoms with Gasteiger partial charge in [0.25, 0.3) is 0 Å². The second-order valence-electron chi connectivity index (χ2n) is 4.45. The van der Waals surface area contributed by atoms with Gasteiger partial charge in [-0.05, 0) is 0 Å². The van der Waals surface area contributed by atoms with Crippen molar-refractivity contribution in [1.29, 1.82) is 0 Å². The van der Waals surface area contributed by atoms with Crippen molar-refractivity contribution < 1.29 is 9.84 Å². The van der Waals surface area contributed by atoms with Crippen LogP contribution in [0.25, 0.3) is 0 Å². The average molecular weight is 287 g/mol. The molecule has 0 atom stereocenters. The molecule has 7 heteroatoms. The third-order valence-electron chi connectivity index (χ3n) is 3.11. The van der Waals surface area contributed by atoms with Gasteiger partial charge in [-0.15, -0.1) is 0 Å². The predicted octanol–water partition coefficient (Wildman–Crippen LogP) is 0.391. The van der Waals surface area contributed by atoms with E-state index in [0.717, 1.165) is 38.5 Å². The highest BCUT2D eigenvalue weighted by Gasteiger charge is 2.18. The maximum atomic E-state index is 8.93. The molecule has 0 bridgehead atoms. The number of aliphatic hydroxyl groups is 1. The third-order valence-corrected chi connectivity index (χ3v) is 3.31. The molecule has 0 aromatic carbocycles. The van der Waals surface area contributed by atoms with Crippen LogP contribution in [-0.2, 0) is 11.3 Å². The summed E-state index contributed by atoms with van der Waals surface area (Å²) in [7, 11) is 1.61. The van der Waals surface area contributed by atoms with E-state index in [0.29, 0.717) is 17.6 Å². The molecule has 2 rings (SSSR count).